The summed E-state index contributed by atoms with van der Waals surface area (Å²) in [5, 5.41) is 7.33. The number of hydrogen-bond donors (Lipinski definition) is 1. The minimum atomic E-state index is 0.447. The molecular weight excluding hydrogens is 152 g/mol. The Hall–Kier alpha value is -0.900. The van der Waals surface area contributed by atoms with Gasteiger partial charge in [-0.3, -0.25) is 0 Å². The van der Waals surface area contributed by atoms with Crippen LogP contribution in [-0.2, 0) is 6.54 Å². The molecule has 0 fully saturated rings. The van der Waals surface area contributed by atoms with Crippen molar-refractivity contribution in [1.82, 2.24) is 20.1 Å². The molecule has 0 radical (unpaired) electrons. The fraction of sp³-hybridized carbons (Fsp3) is 0.750. The molecular formula is C8H16N4. The first kappa shape index (κ1) is 9.19. The van der Waals surface area contributed by atoms with Crippen LogP contribution in [0.25, 0.3) is 0 Å². The van der Waals surface area contributed by atoms with Crippen LogP contribution >= 0.6 is 0 Å². The smallest absolute Gasteiger partial charge is 0.164 e. The average molecular weight is 168 g/mol. The van der Waals surface area contributed by atoms with E-state index in [4.69, 9.17) is 0 Å². The maximum atomic E-state index is 4.31. The van der Waals surface area contributed by atoms with Crippen LogP contribution in [0.5, 0.6) is 0 Å². The number of rotatable bonds is 4. The Balaban J connectivity index is 2.63. The summed E-state index contributed by atoms with van der Waals surface area (Å²) in [6.07, 6.45) is 2.88. The van der Waals surface area contributed by atoms with E-state index in [2.05, 4.69) is 29.2 Å². The third kappa shape index (κ3) is 2.04. The topological polar surface area (TPSA) is 42.7 Å². The highest BCUT2D eigenvalue weighted by Gasteiger charge is 2.04. The lowest BCUT2D eigenvalue weighted by molar-refractivity contribution is 0.472. The van der Waals surface area contributed by atoms with E-state index in [9.17, 15) is 0 Å². The highest BCUT2D eigenvalue weighted by molar-refractivity contribution is 4.81. The predicted molar refractivity (Wildman–Crippen MR) is 47.8 cm³/mol. The molecule has 1 atom stereocenters. The van der Waals surface area contributed by atoms with Gasteiger partial charge >= 0.3 is 0 Å². The molecule has 0 saturated carbocycles. The van der Waals surface area contributed by atoms with Crippen LogP contribution in [0.1, 0.15) is 32.1 Å². The summed E-state index contributed by atoms with van der Waals surface area (Å²) in [5.41, 5.74) is 0. The third-order valence-electron chi connectivity index (χ3n) is 1.93. The molecule has 0 aliphatic rings. The number of aromatic nitrogens is 3. The monoisotopic (exact) mass is 168 g/mol. The van der Waals surface area contributed by atoms with E-state index in [1.807, 2.05) is 11.7 Å². The van der Waals surface area contributed by atoms with Crippen molar-refractivity contribution in [2.24, 2.45) is 0 Å². The van der Waals surface area contributed by atoms with E-state index in [0.717, 1.165) is 18.8 Å². The van der Waals surface area contributed by atoms with Crippen molar-refractivity contribution >= 4 is 0 Å². The zero-order chi connectivity index (χ0) is 8.97. The molecule has 4 heteroatoms. The molecule has 0 saturated heterocycles. The molecule has 68 valence electrons. The lowest BCUT2D eigenvalue weighted by atomic mass is 10.3. The van der Waals surface area contributed by atoms with E-state index in [1.165, 1.54) is 0 Å². The first-order valence-electron chi connectivity index (χ1n) is 4.32. The Kier molecular flexibility index (Phi) is 3.22. The van der Waals surface area contributed by atoms with Crippen LogP contribution in [0, 0.1) is 0 Å². The third-order valence-corrected chi connectivity index (χ3v) is 1.93. The highest BCUT2D eigenvalue weighted by Crippen LogP contribution is 2.06. The molecule has 0 aliphatic carbocycles. The second-order valence-electron chi connectivity index (χ2n) is 2.93. The van der Waals surface area contributed by atoms with Crippen molar-refractivity contribution in [2.75, 3.05) is 7.05 Å². The Morgan fingerprint density at radius 3 is 3.00 bits per heavy atom. The lowest BCUT2D eigenvalue weighted by Gasteiger charge is -2.06. The fourth-order valence-corrected chi connectivity index (χ4v) is 0.949. The van der Waals surface area contributed by atoms with Gasteiger partial charge in [-0.2, -0.15) is 5.10 Å². The molecule has 12 heavy (non-hydrogen) atoms. The van der Waals surface area contributed by atoms with Crippen molar-refractivity contribution in [2.45, 2.75) is 32.9 Å². The van der Waals surface area contributed by atoms with Crippen molar-refractivity contribution in [3.63, 3.8) is 0 Å². The summed E-state index contributed by atoms with van der Waals surface area (Å²) in [6.45, 7) is 5.02. The van der Waals surface area contributed by atoms with Gasteiger partial charge in [-0.25, -0.2) is 9.67 Å². The van der Waals surface area contributed by atoms with Gasteiger partial charge in [-0.05, 0) is 20.4 Å². The van der Waals surface area contributed by atoms with E-state index in [-0.39, 0.29) is 0 Å². The van der Waals surface area contributed by atoms with Gasteiger partial charge in [-0.15, -0.1) is 0 Å². The Morgan fingerprint density at radius 2 is 2.42 bits per heavy atom. The standard InChI is InChI=1S/C8H16N4/c1-4-7(2)12-6-10-8(11-12)5-9-3/h6-7,9H,4-5H2,1-3H3. The normalized spacial score (nSPS) is 13.2. The Morgan fingerprint density at radius 1 is 1.67 bits per heavy atom. The molecule has 0 amide bonds. The Labute approximate surface area is 73.0 Å². The largest absolute Gasteiger partial charge is 0.313 e. The number of hydrogen-bond acceptors (Lipinski definition) is 3. The van der Waals surface area contributed by atoms with Gasteiger partial charge in [0, 0.05) is 0 Å². The minimum absolute atomic E-state index is 0.447. The molecule has 1 heterocycles. The van der Waals surface area contributed by atoms with Crippen LogP contribution < -0.4 is 5.32 Å². The zero-order valence-electron chi connectivity index (χ0n) is 7.91. The van der Waals surface area contributed by atoms with E-state index in [0.29, 0.717) is 6.04 Å². The van der Waals surface area contributed by atoms with Crippen molar-refractivity contribution in [1.29, 1.82) is 0 Å². The first-order chi connectivity index (χ1) is 5.77. The van der Waals surface area contributed by atoms with Gasteiger partial charge in [0.15, 0.2) is 5.82 Å². The van der Waals surface area contributed by atoms with Crippen LogP contribution in [0.4, 0.5) is 0 Å². The van der Waals surface area contributed by atoms with Crippen molar-refractivity contribution in [3.8, 4) is 0 Å². The maximum Gasteiger partial charge on any atom is 0.164 e. The molecule has 0 spiro atoms. The van der Waals surface area contributed by atoms with Crippen LogP contribution in [-0.4, -0.2) is 21.8 Å². The molecule has 1 aromatic rings. The van der Waals surface area contributed by atoms with Gasteiger partial charge in [-0.1, -0.05) is 6.92 Å². The van der Waals surface area contributed by atoms with E-state index < -0.39 is 0 Å². The van der Waals surface area contributed by atoms with Crippen LogP contribution in [0.2, 0.25) is 0 Å². The summed E-state index contributed by atoms with van der Waals surface area (Å²) >= 11 is 0. The molecule has 0 bridgehead atoms. The summed E-state index contributed by atoms with van der Waals surface area (Å²) in [4.78, 5) is 4.16. The van der Waals surface area contributed by atoms with Gasteiger partial charge in [0.05, 0.1) is 12.6 Å². The first-order valence-corrected chi connectivity index (χ1v) is 4.32. The van der Waals surface area contributed by atoms with Crippen molar-refractivity contribution < 1.29 is 0 Å². The quantitative estimate of drug-likeness (QED) is 0.728. The highest BCUT2D eigenvalue weighted by atomic mass is 15.3. The second-order valence-corrected chi connectivity index (χ2v) is 2.93. The zero-order valence-corrected chi connectivity index (χ0v) is 7.91. The molecule has 4 nitrogen and oxygen atoms in total. The summed E-state index contributed by atoms with van der Waals surface area (Å²) < 4.78 is 1.91. The van der Waals surface area contributed by atoms with Gasteiger partial charge < -0.3 is 5.32 Å². The molecule has 1 N–H and O–H groups in total. The number of nitrogens with zero attached hydrogens (tertiary/aromatic N) is 3. The maximum absolute atomic E-state index is 4.31. The molecule has 0 aromatic carbocycles. The van der Waals surface area contributed by atoms with Gasteiger partial charge in [0.25, 0.3) is 0 Å². The van der Waals surface area contributed by atoms with Crippen LogP contribution in [0.15, 0.2) is 6.33 Å². The summed E-state index contributed by atoms with van der Waals surface area (Å²) in [7, 11) is 1.89. The van der Waals surface area contributed by atoms with E-state index in [1.54, 1.807) is 6.33 Å². The molecule has 1 aromatic heterocycles. The molecule has 0 aliphatic heterocycles. The lowest BCUT2D eigenvalue weighted by Crippen LogP contribution is -2.09. The van der Waals surface area contributed by atoms with E-state index >= 15 is 0 Å². The minimum Gasteiger partial charge on any atom is -0.313 e. The second kappa shape index (κ2) is 4.21. The fourth-order valence-electron chi connectivity index (χ4n) is 0.949. The summed E-state index contributed by atoms with van der Waals surface area (Å²) in [5.74, 6) is 0.859. The van der Waals surface area contributed by atoms with Crippen molar-refractivity contribution in [3.05, 3.63) is 12.2 Å². The number of nitrogens with one attached hydrogen (secondary N) is 1. The molecule has 1 unspecified atom stereocenters. The SMILES string of the molecule is CCC(C)n1cnc(CNC)n1. The predicted octanol–water partition coefficient (Wildman–Crippen LogP) is 0.968. The van der Waals surface area contributed by atoms with Gasteiger partial charge in [0.1, 0.15) is 6.33 Å². The molecule has 1 rings (SSSR count). The van der Waals surface area contributed by atoms with Crippen LogP contribution in [0.3, 0.4) is 0 Å². The Bertz CT molecular complexity index is 231. The summed E-state index contributed by atoms with van der Waals surface area (Å²) in [6, 6.07) is 0.447. The van der Waals surface area contributed by atoms with Gasteiger partial charge in [0.2, 0.25) is 0 Å². The average Bonchev–Trinajstić information content (AvgIpc) is 2.52.